The number of likely N-dealkylation sites (N-methyl/N-ethyl adjacent to an activating group) is 1. The van der Waals surface area contributed by atoms with E-state index in [1.54, 1.807) is 19.0 Å². The fourth-order valence-electron chi connectivity index (χ4n) is 3.48. The second-order valence-electron chi connectivity index (χ2n) is 7.42. The van der Waals surface area contributed by atoms with Crippen LogP contribution in [0.4, 0.5) is 24.7 Å². The van der Waals surface area contributed by atoms with Gasteiger partial charge >= 0.3 is 0 Å². The number of aromatic nitrogens is 1. The number of halogens is 4. The van der Waals surface area contributed by atoms with Gasteiger partial charge in [0.25, 0.3) is 10.0 Å². The lowest BCUT2D eigenvalue weighted by atomic mass is 10.0. The smallest absolute Gasteiger partial charge is 0.268 e. The van der Waals surface area contributed by atoms with Crippen molar-refractivity contribution < 1.29 is 26.7 Å². The lowest BCUT2D eigenvalue weighted by Gasteiger charge is -2.28. The van der Waals surface area contributed by atoms with Crippen molar-refractivity contribution in [1.29, 1.82) is 0 Å². The van der Waals surface area contributed by atoms with Gasteiger partial charge in [-0.2, -0.15) is 4.39 Å². The molecule has 2 aromatic rings. The van der Waals surface area contributed by atoms with Crippen molar-refractivity contribution in [3.8, 4) is 0 Å². The quantitative estimate of drug-likeness (QED) is 0.504. The van der Waals surface area contributed by atoms with Crippen molar-refractivity contribution in [3.63, 3.8) is 0 Å². The largest absolute Gasteiger partial charge is 0.387 e. The van der Waals surface area contributed by atoms with E-state index in [9.17, 15) is 26.7 Å². The fraction of sp³-hybridized carbons (Fsp3) is 0.389. The Labute approximate surface area is 177 Å². The molecule has 0 aliphatic carbocycles. The summed E-state index contributed by atoms with van der Waals surface area (Å²) in [4.78, 5) is 5.29. The van der Waals surface area contributed by atoms with Crippen LogP contribution in [0.15, 0.2) is 29.2 Å². The molecule has 1 aromatic carbocycles. The summed E-state index contributed by atoms with van der Waals surface area (Å²) in [5.41, 5.74) is -1.17. The molecule has 1 aromatic heterocycles. The minimum atomic E-state index is -4.78. The first-order chi connectivity index (χ1) is 13.9. The first-order valence-electron chi connectivity index (χ1n) is 8.87. The van der Waals surface area contributed by atoms with E-state index in [1.807, 2.05) is 4.72 Å². The number of benzene rings is 1. The second-order valence-corrected chi connectivity index (χ2v) is 9.42. The third-order valence-corrected chi connectivity index (χ3v) is 6.35. The molecule has 164 valence electrons. The molecule has 0 amide bonds. The Morgan fingerprint density at radius 2 is 2.03 bits per heavy atom. The van der Waals surface area contributed by atoms with Crippen molar-refractivity contribution in [2.75, 3.05) is 43.4 Å². The van der Waals surface area contributed by atoms with Crippen LogP contribution < -0.4 is 9.62 Å². The van der Waals surface area contributed by atoms with Gasteiger partial charge in [-0.1, -0.05) is 17.7 Å². The SMILES string of the molecule is CN(C)CC1(O)CCN(c2cc(F)c(S(=O)(=O)Nc3cccc(F)n3)c(F)c2Cl)C1. The lowest BCUT2D eigenvalue weighted by Crippen LogP contribution is -2.42. The summed E-state index contributed by atoms with van der Waals surface area (Å²) >= 11 is 6.04. The Morgan fingerprint density at radius 1 is 1.33 bits per heavy atom. The minimum Gasteiger partial charge on any atom is -0.387 e. The van der Waals surface area contributed by atoms with E-state index in [-0.39, 0.29) is 18.8 Å². The van der Waals surface area contributed by atoms with Crippen molar-refractivity contribution in [2.45, 2.75) is 16.9 Å². The highest BCUT2D eigenvalue weighted by Crippen LogP contribution is 2.38. The molecule has 0 radical (unpaired) electrons. The van der Waals surface area contributed by atoms with Gasteiger partial charge in [-0.3, -0.25) is 4.72 Å². The number of pyridine rings is 1. The minimum absolute atomic E-state index is 0.0656. The number of nitrogens with one attached hydrogen (secondary N) is 1. The molecule has 0 spiro atoms. The van der Waals surface area contributed by atoms with Crippen LogP contribution in [0.1, 0.15) is 6.42 Å². The van der Waals surface area contributed by atoms with Crippen LogP contribution in [0.25, 0.3) is 0 Å². The third-order valence-electron chi connectivity index (χ3n) is 4.60. The lowest BCUT2D eigenvalue weighted by molar-refractivity contribution is 0.0366. The molecule has 1 aliphatic rings. The Kier molecular flexibility index (Phi) is 6.19. The highest BCUT2D eigenvalue weighted by atomic mass is 35.5. The molecule has 12 heteroatoms. The highest BCUT2D eigenvalue weighted by Gasteiger charge is 2.39. The molecule has 1 aliphatic heterocycles. The molecule has 30 heavy (non-hydrogen) atoms. The standard InChI is InChI=1S/C18H20ClF3N4O3S/c1-25(2)9-18(27)6-7-26(10-18)12-8-11(20)17(16(22)15(12)19)30(28,29)24-14-5-3-4-13(21)23-14/h3-5,8,27H,6-7,9-10H2,1-2H3,(H,23,24). The third kappa shape index (κ3) is 4.64. The maximum atomic E-state index is 14.9. The van der Waals surface area contributed by atoms with Gasteiger partial charge in [0, 0.05) is 25.7 Å². The zero-order valence-corrected chi connectivity index (χ0v) is 17.7. The molecule has 0 bridgehead atoms. The van der Waals surface area contributed by atoms with Gasteiger partial charge in [0.05, 0.1) is 11.3 Å². The predicted octanol–water partition coefficient (Wildman–Crippen LogP) is 2.46. The van der Waals surface area contributed by atoms with E-state index in [1.165, 1.54) is 11.0 Å². The fourth-order valence-corrected chi connectivity index (χ4v) is 4.95. The number of anilines is 2. The maximum Gasteiger partial charge on any atom is 0.268 e. The number of β-amino-alcohol motifs (C(OH)–C–C–N with tert-alkyl or cyclic N) is 1. The molecule has 7 nitrogen and oxygen atoms in total. The predicted molar refractivity (Wildman–Crippen MR) is 107 cm³/mol. The van der Waals surface area contributed by atoms with Crippen molar-refractivity contribution in [1.82, 2.24) is 9.88 Å². The molecular formula is C18H20ClF3N4O3S. The zero-order chi connectivity index (χ0) is 22.3. The number of sulfonamides is 1. The summed E-state index contributed by atoms with van der Waals surface area (Å²) in [5.74, 6) is -4.27. The van der Waals surface area contributed by atoms with Crippen molar-refractivity contribution >= 4 is 33.1 Å². The topological polar surface area (TPSA) is 85.8 Å². The zero-order valence-electron chi connectivity index (χ0n) is 16.2. The molecule has 1 unspecified atom stereocenters. The first kappa shape index (κ1) is 22.6. The van der Waals surface area contributed by atoms with Crippen LogP contribution in [0.5, 0.6) is 0 Å². The Bertz CT molecular complexity index is 1070. The second kappa shape index (κ2) is 8.22. The Balaban J connectivity index is 1.94. The van der Waals surface area contributed by atoms with E-state index in [0.717, 1.165) is 18.2 Å². The maximum absolute atomic E-state index is 14.9. The van der Waals surface area contributed by atoms with Gasteiger partial charge in [0.2, 0.25) is 5.95 Å². The summed E-state index contributed by atoms with van der Waals surface area (Å²) in [7, 11) is -1.21. The molecule has 2 N–H and O–H groups in total. The van der Waals surface area contributed by atoms with Crippen LogP contribution in [0, 0.1) is 17.6 Å². The summed E-state index contributed by atoms with van der Waals surface area (Å²) in [6.07, 6.45) is 0.345. The summed E-state index contributed by atoms with van der Waals surface area (Å²) in [6.45, 7) is 0.685. The highest BCUT2D eigenvalue weighted by molar-refractivity contribution is 7.92. The van der Waals surface area contributed by atoms with Crippen LogP contribution in [-0.2, 0) is 10.0 Å². The molecular weight excluding hydrogens is 445 g/mol. The number of nitrogens with zero attached hydrogens (tertiary/aromatic N) is 3. The average molecular weight is 465 g/mol. The van der Waals surface area contributed by atoms with E-state index in [2.05, 4.69) is 4.98 Å². The van der Waals surface area contributed by atoms with Crippen molar-refractivity contribution in [2.24, 2.45) is 0 Å². The number of hydrogen-bond donors (Lipinski definition) is 2. The summed E-state index contributed by atoms with van der Waals surface area (Å²) in [5, 5.41) is 10.0. The van der Waals surface area contributed by atoms with Crippen LogP contribution in [0.3, 0.4) is 0 Å². The molecule has 2 heterocycles. The monoisotopic (exact) mass is 464 g/mol. The van der Waals surface area contributed by atoms with E-state index in [4.69, 9.17) is 11.6 Å². The number of rotatable bonds is 6. The average Bonchev–Trinajstić information content (AvgIpc) is 2.98. The van der Waals surface area contributed by atoms with Crippen molar-refractivity contribution in [3.05, 3.63) is 46.9 Å². The van der Waals surface area contributed by atoms with Gasteiger partial charge in [0.15, 0.2) is 10.7 Å². The van der Waals surface area contributed by atoms with Gasteiger partial charge in [0.1, 0.15) is 16.7 Å². The molecule has 1 saturated heterocycles. The molecule has 3 rings (SSSR count). The van der Waals surface area contributed by atoms with E-state index < -0.39 is 48.9 Å². The number of aliphatic hydroxyl groups is 1. The molecule has 0 saturated carbocycles. The normalized spacial score (nSPS) is 19.5. The van der Waals surface area contributed by atoms with Crippen LogP contribution in [-0.4, -0.2) is 62.7 Å². The van der Waals surface area contributed by atoms with E-state index in [0.29, 0.717) is 13.0 Å². The van der Waals surface area contributed by atoms with Gasteiger partial charge in [-0.05, 0) is 32.6 Å². The van der Waals surface area contributed by atoms with Gasteiger partial charge in [-0.15, -0.1) is 0 Å². The van der Waals surface area contributed by atoms with E-state index >= 15 is 0 Å². The summed E-state index contributed by atoms with van der Waals surface area (Å²) in [6, 6.07) is 4.10. The Morgan fingerprint density at radius 3 is 2.67 bits per heavy atom. The first-order valence-corrected chi connectivity index (χ1v) is 10.7. The Hall–Kier alpha value is -2.08. The summed E-state index contributed by atoms with van der Waals surface area (Å²) < 4.78 is 69.6. The molecule has 1 atom stereocenters. The number of hydrogen-bond acceptors (Lipinski definition) is 6. The van der Waals surface area contributed by atoms with Crippen LogP contribution in [0.2, 0.25) is 5.02 Å². The molecule has 1 fully saturated rings. The van der Waals surface area contributed by atoms with Gasteiger partial charge < -0.3 is 14.9 Å². The van der Waals surface area contributed by atoms with Gasteiger partial charge in [-0.25, -0.2) is 22.2 Å². The van der Waals surface area contributed by atoms with Crippen LogP contribution >= 0.6 is 11.6 Å².